The average Bonchev–Trinajstić information content (AvgIpc) is 3.01. The van der Waals surface area contributed by atoms with E-state index in [0.29, 0.717) is 37.2 Å². The van der Waals surface area contributed by atoms with Gasteiger partial charge in [0.05, 0.1) is 12.3 Å². The van der Waals surface area contributed by atoms with Crippen LogP contribution >= 0.6 is 24.0 Å². The molecule has 138 valence electrons. The average molecular weight is 478 g/mol. The zero-order chi connectivity index (χ0) is 17.4. The minimum Gasteiger partial charge on any atom is -0.444 e. The number of guanidine groups is 1. The second kappa shape index (κ2) is 10.4. The molecule has 0 unspecified atom stereocenters. The van der Waals surface area contributed by atoms with Crippen LogP contribution in [0.1, 0.15) is 12.6 Å². The van der Waals surface area contributed by atoms with E-state index in [-0.39, 0.29) is 29.7 Å². The SMILES string of the molecule is CCNC(=NCc1coc(-c2ccccc2)n1)NCCS(C)(=O)=O.I. The Morgan fingerprint density at radius 2 is 1.96 bits per heavy atom. The van der Waals surface area contributed by atoms with E-state index in [4.69, 9.17) is 4.42 Å². The molecule has 1 heterocycles. The Balaban J connectivity index is 0.00000312. The Hall–Kier alpha value is -1.62. The summed E-state index contributed by atoms with van der Waals surface area (Å²) in [6.07, 6.45) is 2.78. The van der Waals surface area contributed by atoms with Crippen molar-refractivity contribution in [2.75, 3.05) is 25.1 Å². The van der Waals surface area contributed by atoms with E-state index in [0.717, 1.165) is 5.56 Å². The van der Waals surface area contributed by atoms with Crippen LogP contribution in [0.25, 0.3) is 11.5 Å². The smallest absolute Gasteiger partial charge is 0.226 e. The number of nitrogens with zero attached hydrogens (tertiary/aromatic N) is 2. The highest BCUT2D eigenvalue weighted by Gasteiger charge is 2.07. The Kier molecular flexibility index (Phi) is 8.90. The molecule has 0 fully saturated rings. The molecule has 0 amide bonds. The predicted molar refractivity (Wildman–Crippen MR) is 110 cm³/mol. The molecule has 2 aromatic rings. The summed E-state index contributed by atoms with van der Waals surface area (Å²) in [7, 11) is -3.00. The summed E-state index contributed by atoms with van der Waals surface area (Å²) < 4.78 is 27.8. The van der Waals surface area contributed by atoms with E-state index >= 15 is 0 Å². The number of oxazole rings is 1. The van der Waals surface area contributed by atoms with Gasteiger partial charge in [0.25, 0.3) is 0 Å². The largest absolute Gasteiger partial charge is 0.444 e. The Morgan fingerprint density at radius 3 is 2.60 bits per heavy atom. The molecule has 25 heavy (non-hydrogen) atoms. The van der Waals surface area contributed by atoms with Gasteiger partial charge in [-0.1, -0.05) is 18.2 Å². The van der Waals surface area contributed by atoms with Crippen molar-refractivity contribution in [1.82, 2.24) is 15.6 Å². The third-order valence-corrected chi connectivity index (χ3v) is 4.03. The van der Waals surface area contributed by atoms with Gasteiger partial charge in [0.15, 0.2) is 5.96 Å². The predicted octanol–water partition coefficient (Wildman–Crippen LogP) is 2.06. The molecule has 0 aliphatic carbocycles. The summed E-state index contributed by atoms with van der Waals surface area (Å²) in [5.74, 6) is 1.15. The molecule has 2 rings (SSSR count). The summed E-state index contributed by atoms with van der Waals surface area (Å²) >= 11 is 0. The van der Waals surface area contributed by atoms with Crippen LogP contribution in [-0.2, 0) is 16.4 Å². The Morgan fingerprint density at radius 1 is 1.24 bits per heavy atom. The number of benzene rings is 1. The standard InChI is InChI=1S/C16H22N4O3S.HI/c1-3-17-16(18-9-10-24(2,21)22)19-11-14-12-23-15(20-14)13-7-5-4-6-8-13;/h4-8,12H,3,9-11H2,1-2H3,(H2,17,18,19);1H. The van der Waals surface area contributed by atoms with Gasteiger partial charge in [0.2, 0.25) is 5.89 Å². The minimum absolute atomic E-state index is 0. The number of halogens is 1. The number of hydrogen-bond acceptors (Lipinski definition) is 5. The maximum atomic E-state index is 11.2. The fraction of sp³-hybridized carbons (Fsp3) is 0.375. The van der Waals surface area contributed by atoms with Crippen LogP contribution in [-0.4, -0.2) is 44.5 Å². The molecule has 0 aliphatic rings. The zero-order valence-electron chi connectivity index (χ0n) is 14.2. The molecule has 1 aromatic carbocycles. The molecule has 0 bridgehead atoms. The number of sulfone groups is 1. The van der Waals surface area contributed by atoms with Gasteiger partial charge in [-0.3, -0.25) is 0 Å². The molecular formula is C16H23IN4O3S. The topological polar surface area (TPSA) is 96.6 Å². The van der Waals surface area contributed by atoms with Crippen LogP contribution in [0.15, 0.2) is 46.0 Å². The van der Waals surface area contributed by atoms with Crippen LogP contribution < -0.4 is 10.6 Å². The lowest BCUT2D eigenvalue weighted by Gasteiger charge is -2.10. The van der Waals surface area contributed by atoms with Crippen molar-refractivity contribution in [3.63, 3.8) is 0 Å². The summed E-state index contributed by atoms with van der Waals surface area (Å²) in [6, 6.07) is 9.63. The van der Waals surface area contributed by atoms with Crippen LogP contribution in [0.2, 0.25) is 0 Å². The fourth-order valence-electron chi connectivity index (χ4n) is 1.95. The van der Waals surface area contributed by atoms with Crippen LogP contribution in [0, 0.1) is 0 Å². The lowest BCUT2D eigenvalue weighted by Crippen LogP contribution is -2.39. The van der Waals surface area contributed by atoms with Crippen molar-refractivity contribution in [2.45, 2.75) is 13.5 Å². The van der Waals surface area contributed by atoms with Crippen molar-refractivity contribution >= 4 is 39.8 Å². The fourth-order valence-corrected chi connectivity index (χ4v) is 2.42. The molecule has 7 nitrogen and oxygen atoms in total. The van der Waals surface area contributed by atoms with Gasteiger partial charge in [0.1, 0.15) is 21.8 Å². The van der Waals surface area contributed by atoms with Crippen LogP contribution in [0.4, 0.5) is 0 Å². The first-order valence-corrected chi connectivity index (χ1v) is 9.73. The van der Waals surface area contributed by atoms with E-state index in [1.165, 1.54) is 6.26 Å². The third-order valence-electron chi connectivity index (χ3n) is 3.08. The molecule has 0 saturated heterocycles. The first-order chi connectivity index (χ1) is 11.5. The van der Waals surface area contributed by atoms with Gasteiger partial charge in [0, 0.05) is 24.9 Å². The number of nitrogens with one attached hydrogen (secondary N) is 2. The summed E-state index contributed by atoms with van der Waals surface area (Å²) in [5, 5.41) is 6.05. The van der Waals surface area contributed by atoms with Gasteiger partial charge < -0.3 is 15.1 Å². The molecule has 0 saturated carbocycles. The maximum absolute atomic E-state index is 11.2. The van der Waals surface area contributed by atoms with Gasteiger partial charge >= 0.3 is 0 Å². The Bertz CT molecular complexity index is 776. The molecule has 9 heteroatoms. The molecule has 1 aromatic heterocycles. The molecule has 0 atom stereocenters. The highest BCUT2D eigenvalue weighted by Crippen LogP contribution is 2.18. The maximum Gasteiger partial charge on any atom is 0.226 e. The normalized spacial score (nSPS) is 11.7. The van der Waals surface area contributed by atoms with Gasteiger partial charge in [-0.25, -0.2) is 18.4 Å². The van der Waals surface area contributed by atoms with Crippen molar-refractivity contribution in [1.29, 1.82) is 0 Å². The summed E-state index contributed by atoms with van der Waals surface area (Å²) in [5.41, 5.74) is 1.61. The van der Waals surface area contributed by atoms with Crippen molar-refractivity contribution < 1.29 is 12.8 Å². The van der Waals surface area contributed by atoms with E-state index < -0.39 is 9.84 Å². The summed E-state index contributed by atoms with van der Waals surface area (Å²) in [6.45, 7) is 3.26. The van der Waals surface area contributed by atoms with Crippen molar-refractivity contribution in [2.24, 2.45) is 4.99 Å². The first-order valence-electron chi connectivity index (χ1n) is 7.67. The van der Waals surface area contributed by atoms with E-state index in [1.807, 2.05) is 37.3 Å². The highest BCUT2D eigenvalue weighted by atomic mass is 127. The second-order valence-electron chi connectivity index (χ2n) is 5.26. The number of aliphatic imine (C=N–C) groups is 1. The van der Waals surface area contributed by atoms with Crippen LogP contribution in [0.5, 0.6) is 0 Å². The molecule has 0 radical (unpaired) electrons. The van der Waals surface area contributed by atoms with Crippen molar-refractivity contribution in [3.8, 4) is 11.5 Å². The van der Waals surface area contributed by atoms with Gasteiger partial charge in [-0.05, 0) is 19.1 Å². The summed E-state index contributed by atoms with van der Waals surface area (Å²) in [4.78, 5) is 8.79. The van der Waals surface area contributed by atoms with E-state index in [2.05, 4.69) is 20.6 Å². The highest BCUT2D eigenvalue weighted by molar-refractivity contribution is 14.0. The molecular weight excluding hydrogens is 455 g/mol. The number of rotatable bonds is 7. The Labute approximate surface area is 165 Å². The third kappa shape index (κ3) is 7.86. The molecule has 0 aliphatic heterocycles. The second-order valence-corrected chi connectivity index (χ2v) is 7.52. The number of hydrogen-bond donors (Lipinski definition) is 2. The molecule has 0 spiro atoms. The van der Waals surface area contributed by atoms with Gasteiger partial charge in [-0.2, -0.15) is 0 Å². The first kappa shape index (κ1) is 21.4. The quantitative estimate of drug-likeness (QED) is 0.360. The van der Waals surface area contributed by atoms with Crippen LogP contribution in [0.3, 0.4) is 0 Å². The molecule has 2 N–H and O–H groups in total. The monoisotopic (exact) mass is 478 g/mol. The lowest BCUT2D eigenvalue weighted by molar-refractivity contribution is 0.572. The minimum atomic E-state index is -3.00. The van der Waals surface area contributed by atoms with E-state index in [1.54, 1.807) is 6.26 Å². The lowest BCUT2D eigenvalue weighted by atomic mass is 10.2. The number of aromatic nitrogens is 1. The zero-order valence-corrected chi connectivity index (χ0v) is 17.4. The van der Waals surface area contributed by atoms with Crippen molar-refractivity contribution in [3.05, 3.63) is 42.3 Å². The van der Waals surface area contributed by atoms with Gasteiger partial charge in [-0.15, -0.1) is 24.0 Å². The van der Waals surface area contributed by atoms with E-state index in [9.17, 15) is 8.42 Å².